The second-order valence-electron chi connectivity index (χ2n) is 12.2. The summed E-state index contributed by atoms with van der Waals surface area (Å²) in [5, 5.41) is 5.32. The molecule has 42 heavy (non-hydrogen) atoms. The van der Waals surface area contributed by atoms with Crippen LogP contribution in [0.2, 0.25) is 0 Å². The molecule has 1 aromatic carbocycles. The molecule has 2 heterocycles. The van der Waals surface area contributed by atoms with Gasteiger partial charge in [-0.15, -0.1) is 0 Å². The minimum Gasteiger partial charge on any atom is -0.459 e. The van der Waals surface area contributed by atoms with Crippen LogP contribution in [-0.4, -0.2) is 84.0 Å². The van der Waals surface area contributed by atoms with Crippen LogP contribution < -0.4 is 10.6 Å². The van der Waals surface area contributed by atoms with Crippen molar-refractivity contribution in [3.8, 4) is 0 Å². The van der Waals surface area contributed by atoms with E-state index in [1.807, 2.05) is 51.1 Å². The Hall–Kier alpha value is -3.63. The summed E-state index contributed by atoms with van der Waals surface area (Å²) >= 11 is 0. The van der Waals surface area contributed by atoms with E-state index in [2.05, 4.69) is 10.6 Å². The molecule has 1 aromatic rings. The van der Waals surface area contributed by atoms with Crippen LogP contribution in [0.4, 0.5) is 4.79 Å². The van der Waals surface area contributed by atoms with Crippen molar-refractivity contribution in [2.24, 2.45) is 11.8 Å². The maximum absolute atomic E-state index is 13.0. The van der Waals surface area contributed by atoms with E-state index in [4.69, 9.17) is 9.47 Å². The molecular formula is C31H46N4O7. The van der Waals surface area contributed by atoms with Gasteiger partial charge in [0.1, 0.15) is 18.2 Å². The summed E-state index contributed by atoms with van der Waals surface area (Å²) in [6.07, 6.45) is 3.89. The fraction of sp³-hybridized carbons (Fsp3) is 0.645. The van der Waals surface area contributed by atoms with Crippen LogP contribution in [-0.2, 0) is 35.3 Å². The van der Waals surface area contributed by atoms with Crippen molar-refractivity contribution in [3.63, 3.8) is 0 Å². The summed E-state index contributed by atoms with van der Waals surface area (Å²) in [7, 11) is 0. The number of benzene rings is 1. The van der Waals surface area contributed by atoms with Crippen molar-refractivity contribution in [2.45, 2.75) is 84.5 Å². The van der Waals surface area contributed by atoms with Crippen LogP contribution >= 0.6 is 0 Å². The number of rotatable bonds is 10. The van der Waals surface area contributed by atoms with Crippen LogP contribution in [0.5, 0.6) is 0 Å². The highest BCUT2D eigenvalue weighted by molar-refractivity contribution is 5.85. The zero-order chi connectivity index (χ0) is 30.7. The fourth-order valence-electron chi connectivity index (χ4n) is 5.25. The molecule has 0 aromatic heterocycles. The van der Waals surface area contributed by atoms with Gasteiger partial charge >= 0.3 is 12.1 Å². The summed E-state index contributed by atoms with van der Waals surface area (Å²) in [5.74, 6) is -1.29. The molecule has 2 saturated heterocycles. The molecule has 2 aliphatic rings. The molecule has 2 fully saturated rings. The highest BCUT2D eigenvalue weighted by Crippen LogP contribution is 2.25. The summed E-state index contributed by atoms with van der Waals surface area (Å²) < 4.78 is 10.8. The molecule has 0 spiro atoms. The van der Waals surface area contributed by atoms with E-state index in [1.54, 1.807) is 9.80 Å². The normalized spacial score (nSPS) is 18.5. The number of carbonyl (C=O) groups is 5. The fourth-order valence-corrected chi connectivity index (χ4v) is 5.25. The number of carbonyl (C=O) groups excluding carboxylic acids is 5. The van der Waals surface area contributed by atoms with Crippen molar-refractivity contribution in [2.75, 3.05) is 32.7 Å². The first-order valence-electron chi connectivity index (χ1n) is 14.9. The third-order valence-corrected chi connectivity index (χ3v) is 7.54. The number of nitrogens with zero attached hydrogens (tertiary/aromatic N) is 2. The van der Waals surface area contributed by atoms with E-state index in [1.165, 1.54) is 6.92 Å². The Labute approximate surface area is 248 Å². The second-order valence-corrected chi connectivity index (χ2v) is 12.2. The molecule has 0 bridgehead atoms. The molecule has 0 aliphatic carbocycles. The van der Waals surface area contributed by atoms with Gasteiger partial charge in [0.25, 0.3) is 0 Å². The summed E-state index contributed by atoms with van der Waals surface area (Å²) in [5.41, 5.74) is 0.292. The number of hydrogen-bond acceptors (Lipinski definition) is 7. The number of esters is 1. The molecule has 232 valence electrons. The van der Waals surface area contributed by atoms with Crippen molar-refractivity contribution in [1.29, 1.82) is 0 Å². The zero-order valence-corrected chi connectivity index (χ0v) is 25.4. The molecule has 0 saturated carbocycles. The lowest BCUT2D eigenvalue weighted by atomic mass is 9.91. The minimum absolute atomic E-state index is 0.0303. The van der Waals surface area contributed by atoms with Gasteiger partial charge in [-0.1, -0.05) is 30.3 Å². The van der Waals surface area contributed by atoms with Gasteiger partial charge < -0.3 is 29.9 Å². The maximum atomic E-state index is 13.0. The van der Waals surface area contributed by atoms with Gasteiger partial charge in [0.05, 0.1) is 5.92 Å². The van der Waals surface area contributed by atoms with E-state index in [0.29, 0.717) is 51.4 Å². The Morgan fingerprint density at radius 1 is 0.976 bits per heavy atom. The van der Waals surface area contributed by atoms with Crippen LogP contribution in [0.3, 0.4) is 0 Å². The van der Waals surface area contributed by atoms with Gasteiger partial charge in [-0.25, -0.2) is 9.59 Å². The number of amides is 4. The van der Waals surface area contributed by atoms with Gasteiger partial charge in [-0.05, 0) is 64.4 Å². The second kappa shape index (κ2) is 15.6. The summed E-state index contributed by atoms with van der Waals surface area (Å²) in [4.78, 5) is 66.1. The third kappa shape index (κ3) is 11.0. The zero-order valence-electron chi connectivity index (χ0n) is 25.4. The van der Waals surface area contributed by atoms with E-state index in [0.717, 1.165) is 24.8 Å². The van der Waals surface area contributed by atoms with Crippen molar-refractivity contribution in [1.82, 2.24) is 20.4 Å². The average Bonchev–Trinajstić information content (AvgIpc) is 2.96. The SMILES string of the molecule is CC(=O)N[C@@H](CNC(=O)[C@@H]1CCCN(C(=O)CCC2CCN(C(=O)OC(C)(C)C)CC2)C1)C(=O)OCc1ccccc1. The van der Waals surface area contributed by atoms with Crippen LogP contribution in [0, 0.1) is 11.8 Å². The Bertz CT molecular complexity index is 1080. The molecule has 0 radical (unpaired) electrons. The monoisotopic (exact) mass is 586 g/mol. The summed E-state index contributed by atoms with van der Waals surface area (Å²) in [6, 6.07) is 8.18. The Balaban J connectivity index is 1.41. The highest BCUT2D eigenvalue weighted by atomic mass is 16.6. The largest absolute Gasteiger partial charge is 0.459 e. The molecule has 2 aliphatic heterocycles. The number of nitrogens with one attached hydrogen (secondary N) is 2. The first-order chi connectivity index (χ1) is 19.9. The average molecular weight is 587 g/mol. The van der Waals surface area contributed by atoms with Gasteiger partial charge in [0.15, 0.2) is 0 Å². The molecule has 2 N–H and O–H groups in total. The number of ether oxygens (including phenoxy) is 2. The predicted octanol–water partition coefficient (Wildman–Crippen LogP) is 3.02. The lowest BCUT2D eigenvalue weighted by molar-refractivity contribution is -0.149. The van der Waals surface area contributed by atoms with Gasteiger partial charge in [-0.2, -0.15) is 0 Å². The van der Waals surface area contributed by atoms with E-state index in [-0.39, 0.29) is 31.1 Å². The lowest BCUT2D eigenvalue weighted by Crippen LogP contribution is -2.51. The van der Waals surface area contributed by atoms with Crippen LogP contribution in [0.15, 0.2) is 30.3 Å². The lowest BCUT2D eigenvalue weighted by Gasteiger charge is -2.34. The molecular weight excluding hydrogens is 540 g/mol. The molecule has 4 amide bonds. The first kappa shape index (κ1) is 32.9. The standard InChI is InChI=1S/C31H46N4O7/c1-22(36)33-26(29(39)41-21-24-9-6-5-7-10-24)19-32-28(38)25-11-8-16-35(20-25)27(37)13-12-23-14-17-34(18-15-23)30(40)42-31(2,3)4/h5-7,9-10,23,25-26H,8,11-21H2,1-4H3,(H,32,38)(H,33,36)/t25-,26+/m1/s1. The Morgan fingerprint density at radius 2 is 1.67 bits per heavy atom. The third-order valence-electron chi connectivity index (χ3n) is 7.54. The van der Waals surface area contributed by atoms with Gasteiger partial charge in [-0.3, -0.25) is 14.4 Å². The Kier molecular flexibility index (Phi) is 12.2. The quantitative estimate of drug-likeness (QED) is 0.403. The van der Waals surface area contributed by atoms with Crippen molar-refractivity contribution in [3.05, 3.63) is 35.9 Å². The first-order valence-corrected chi connectivity index (χ1v) is 14.9. The van der Waals surface area contributed by atoms with E-state index in [9.17, 15) is 24.0 Å². The Morgan fingerprint density at radius 3 is 2.31 bits per heavy atom. The maximum Gasteiger partial charge on any atom is 0.410 e. The molecule has 11 nitrogen and oxygen atoms in total. The number of likely N-dealkylation sites (tertiary alicyclic amines) is 2. The molecule has 0 unspecified atom stereocenters. The van der Waals surface area contributed by atoms with E-state index < -0.39 is 29.4 Å². The van der Waals surface area contributed by atoms with Gasteiger partial charge in [0.2, 0.25) is 17.7 Å². The van der Waals surface area contributed by atoms with Crippen molar-refractivity contribution < 1.29 is 33.4 Å². The summed E-state index contributed by atoms with van der Waals surface area (Å²) in [6.45, 7) is 9.00. The minimum atomic E-state index is -1.02. The molecule has 3 rings (SSSR count). The van der Waals surface area contributed by atoms with Gasteiger partial charge in [0, 0.05) is 46.1 Å². The molecule has 2 atom stereocenters. The van der Waals surface area contributed by atoms with E-state index >= 15 is 0 Å². The number of piperidine rings is 2. The van der Waals surface area contributed by atoms with Crippen LogP contribution in [0.1, 0.15) is 71.8 Å². The smallest absolute Gasteiger partial charge is 0.410 e. The highest BCUT2D eigenvalue weighted by Gasteiger charge is 2.31. The van der Waals surface area contributed by atoms with Crippen LogP contribution in [0.25, 0.3) is 0 Å². The predicted molar refractivity (Wildman–Crippen MR) is 156 cm³/mol. The van der Waals surface area contributed by atoms with Crippen molar-refractivity contribution >= 4 is 29.8 Å². The number of hydrogen-bond donors (Lipinski definition) is 2. The topological polar surface area (TPSA) is 134 Å². The molecule has 11 heteroatoms.